The molecule has 0 radical (unpaired) electrons. The summed E-state index contributed by atoms with van der Waals surface area (Å²) < 4.78 is 3.88. The Labute approximate surface area is 149 Å². The fourth-order valence-corrected chi connectivity index (χ4v) is 3.72. The van der Waals surface area contributed by atoms with Crippen LogP contribution in [0.4, 0.5) is 5.69 Å². The average Bonchev–Trinajstić information content (AvgIpc) is 3.20. The lowest BCUT2D eigenvalue weighted by Crippen LogP contribution is -2.17. The van der Waals surface area contributed by atoms with E-state index in [1.807, 2.05) is 24.1 Å². The smallest absolute Gasteiger partial charge is 0.226 e. The molecule has 0 bridgehead atoms. The lowest BCUT2D eigenvalue weighted by molar-refractivity contribution is -0.116. The molecule has 2 heterocycles. The van der Waals surface area contributed by atoms with Crippen LogP contribution in [0.15, 0.2) is 18.6 Å². The van der Waals surface area contributed by atoms with E-state index in [0.29, 0.717) is 24.8 Å². The molecule has 0 unspecified atom stereocenters. The van der Waals surface area contributed by atoms with Gasteiger partial charge in [0.15, 0.2) is 0 Å². The molecule has 1 aliphatic carbocycles. The predicted octanol–water partition coefficient (Wildman–Crippen LogP) is 3.82. The van der Waals surface area contributed by atoms with E-state index in [2.05, 4.69) is 33.8 Å². The Morgan fingerprint density at radius 3 is 2.80 bits per heavy atom. The number of nitrogens with zero attached hydrogens (tertiary/aromatic N) is 4. The zero-order valence-corrected chi connectivity index (χ0v) is 15.5. The van der Waals surface area contributed by atoms with Crippen LogP contribution in [0, 0.1) is 0 Å². The molecule has 0 aromatic carbocycles. The Morgan fingerprint density at radius 1 is 1.32 bits per heavy atom. The van der Waals surface area contributed by atoms with Gasteiger partial charge in [0.2, 0.25) is 5.91 Å². The topological polar surface area (TPSA) is 64.7 Å². The first kappa shape index (κ1) is 17.7. The van der Waals surface area contributed by atoms with Gasteiger partial charge in [-0.25, -0.2) is 4.98 Å². The van der Waals surface area contributed by atoms with Gasteiger partial charge in [-0.2, -0.15) is 5.10 Å². The third-order valence-electron chi connectivity index (χ3n) is 4.97. The summed E-state index contributed by atoms with van der Waals surface area (Å²) in [6, 6.07) is 0. The van der Waals surface area contributed by atoms with Crippen molar-refractivity contribution in [2.24, 2.45) is 7.05 Å². The van der Waals surface area contributed by atoms with E-state index < -0.39 is 0 Å². The van der Waals surface area contributed by atoms with Crippen molar-refractivity contribution in [3.05, 3.63) is 30.1 Å². The van der Waals surface area contributed by atoms with Crippen molar-refractivity contribution >= 4 is 11.6 Å². The fraction of sp³-hybridized carbons (Fsp3) is 0.632. The SMILES string of the molecule is CC(C)c1nccn1CCC(=O)Nc1cn(C)nc1C1CCCCC1. The second-order valence-corrected chi connectivity index (χ2v) is 7.37. The van der Waals surface area contributed by atoms with Crippen LogP contribution in [-0.2, 0) is 18.4 Å². The highest BCUT2D eigenvalue weighted by Crippen LogP contribution is 2.35. The number of carbonyl (C=O) groups is 1. The number of aromatic nitrogens is 4. The van der Waals surface area contributed by atoms with Gasteiger partial charge < -0.3 is 9.88 Å². The molecule has 2 aromatic rings. The van der Waals surface area contributed by atoms with Crippen LogP contribution in [0.1, 0.15) is 75.7 Å². The van der Waals surface area contributed by atoms with E-state index in [4.69, 9.17) is 0 Å². The summed E-state index contributed by atoms with van der Waals surface area (Å²) in [5.74, 6) is 1.89. The second kappa shape index (κ2) is 7.85. The molecule has 3 rings (SSSR count). The number of nitrogens with one attached hydrogen (secondary N) is 1. The first-order valence-corrected chi connectivity index (χ1v) is 9.39. The second-order valence-electron chi connectivity index (χ2n) is 7.37. The molecule has 6 nitrogen and oxygen atoms in total. The number of amides is 1. The molecule has 6 heteroatoms. The third-order valence-corrected chi connectivity index (χ3v) is 4.97. The van der Waals surface area contributed by atoms with Crippen LogP contribution in [-0.4, -0.2) is 25.2 Å². The molecule has 0 saturated heterocycles. The van der Waals surface area contributed by atoms with Crippen molar-refractivity contribution in [2.45, 2.75) is 70.8 Å². The Kier molecular flexibility index (Phi) is 5.56. The van der Waals surface area contributed by atoms with Gasteiger partial charge in [0, 0.05) is 50.4 Å². The summed E-state index contributed by atoms with van der Waals surface area (Å²) in [4.78, 5) is 16.8. The van der Waals surface area contributed by atoms with Gasteiger partial charge in [-0.1, -0.05) is 33.1 Å². The van der Waals surface area contributed by atoms with E-state index in [-0.39, 0.29) is 5.91 Å². The molecule has 136 valence electrons. The number of hydrogen-bond acceptors (Lipinski definition) is 3. The minimum absolute atomic E-state index is 0.0356. The van der Waals surface area contributed by atoms with Crippen LogP contribution < -0.4 is 5.32 Å². The third kappa shape index (κ3) is 4.30. The summed E-state index contributed by atoms with van der Waals surface area (Å²) in [5.41, 5.74) is 1.94. The van der Waals surface area contributed by atoms with E-state index in [0.717, 1.165) is 17.2 Å². The number of imidazole rings is 1. The maximum atomic E-state index is 12.5. The van der Waals surface area contributed by atoms with Gasteiger partial charge in [-0.15, -0.1) is 0 Å². The molecule has 25 heavy (non-hydrogen) atoms. The maximum Gasteiger partial charge on any atom is 0.226 e. The summed E-state index contributed by atoms with van der Waals surface area (Å²) >= 11 is 0. The van der Waals surface area contributed by atoms with Crippen LogP contribution in [0.5, 0.6) is 0 Å². The van der Waals surface area contributed by atoms with Crippen LogP contribution >= 0.6 is 0 Å². The molecule has 0 spiro atoms. The van der Waals surface area contributed by atoms with Gasteiger partial charge in [0.1, 0.15) is 5.82 Å². The van der Waals surface area contributed by atoms with Gasteiger partial charge in [0.05, 0.1) is 11.4 Å². The summed E-state index contributed by atoms with van der Waals surface area (Å²) in [5, 5.41) is 7.71. The van der Waals surface area contributed by atoms with Crippen LogP contribution in [0.2, 0.25) is 0 Å². The zero-order valence-electron chi connectivity index (χ0n) is 15.5. The van der Waals surface area contributed by atoms with E-state index >= 15 is 0 Å². The van der Waals surface area contributed by atoms with E-state index in [9.17, 15) is 4.79 Å². The number of rotatable bonds is 6. The van der Waals surface area contributed by atoms with Crippen molar-refractivity contribution in [2.75, 3.05) is 5.32 Å². The molecule has 1 fully saturated rings. The number of carbonyl (C=O) groups excluding carboxylic acids is 1. The van der Waals surface area contributed by atoms with Gasteiger partial charge >= 0.3 is 0 Å². The van der Waals surface area contributed by atoms with E-state index in [1.165, 1.54) is 32.1 Å². The highest BCUT2D eigenvalue weighted by Gasteiger charge is 2.22. The normalized spacial score (nSPS) is 15.7. The van der Waals surface area contributed by atoms with Gasteiger partial charge in [-0.05, 0) is 12.8 Å². The number of hydrogen-bond donors (Lipinski definition) is 1. The minimum Gasteiger partial charge on any atom is -0.334 e. The van der Waals surface area contributed by atoms with Crippen LogP contribution in [0.3, 0.4) is 0 Å². The van der Waals surface area contributed by atoms with E-state index in [1.54, 1.807) is 6.20 Å². The summed E-state index contributed by atoms with van der Waals surface area (Å²) in [6.45, 7) is 4.88. The molecule has 0 aliphatic heterocycles. The maximum absolute atomic E-state index is 12.5. The Hall–Kier alpha value is -2.11. The molecule has 1 amide bonds. The first-order chi connectivity index (χ1) is 12.0. The Morgan fingerprint density at radius 2 is 2.08 bits per heavy atom. The van der Waals surface area contributed by atoms with Gasteiger partial charge in [0.25, 0.3) is 0 Å². The summed E-state index contributed by atoms with van der Waals surface area (Å²) in [6.07, 6.45) is 12.3. The van der Waals surface area contributed by atoms with Crippen molar-refractivity contribution < 1.29 is 4.79 Å². The standard InChI is InChI=1S/C19H29N5O/c1-14(2)19-20-10-12-24(19)11-9-17(25)21-16-13-23(3)22-18(16)15-7-5-4-6-8-15/h10,12-15H,4-9,11H2,1-3H3,(H,21,25). The monoisotopic (exact) mass is 343 g/mol. The zero-order chi connectivity index (χ0) is 17.8. The Balaban J connectivity index is 1.62. The molecular weight excluding hydrogens is 314 g/mol. The predicted molar refractivity (Wildman–Crippen MR) is 98.6 cm³/mol. The average molecular weight is 343 g/mol. The first-order valence-electron chi connectivity index (χ1n) is 9.39. The van der Waals surface area contributed by atoms with Crippen molar-refractivity contribution in [1.82, 2.24) is 19.3 Å². The Bertz CT molecular complexity index is 709. The highest BCUT2D eigenvalue weighted by molar-refractivity contribution is 5.91. The molecule has 1 aliphatic rings. The fourth-order valence-electron chi connectivity index (χ4n) is 3.72. The minimum atomic E-state index is 0.0356. The summed E-state index contributed by atoms with van der Waals surface area (Å²) in [7, 11) is 1.92. The lowest BCUT2D eigenvalue weighted by Gasteiger charge is -2.21. The lowest BCUT2D eigenvalue weighted by atomic mass is 9.86. The van der Waals surface area contributed by atoms with Crippen LogP contribution in [0.25, 0.3) is 0 Å². The number of aryl methyl sites for hydroxylation is 2. The van der Waals surface area contributed by atoms with Crippen molar-refractivity contribution in [3.63, 3.8) is 0 Å². The molecule has 1 N–H and O–H groups in total. The van der Waals surface area contributed by atoms with Gasteiger partial charge in [-0.3, -0.25) is 9.48 Å². The molecule has 2 aromatic heterocycles. The van der Waals surface area contributed by atoms with Crippen molar-refractivity contribution in [3.8, 4) is 0 Å². The molecule has 0 atom stereocenters. The molecule has 1 saturated carbocycles. The highest BCUT2D eigenvalue weighted by atomic mass is 16.1. The number of anilines is 1. The quantitative estimate of drug-likeness (QED) is 0.867. The molecular formula is C19H29N5O. The largest absolute Gasteiger partial charge is 0.334 e. The van der Waals surface area contributed by atoms with Crippen molar-refractivity contribution in [1.29, 1.82) is 0 Å².